The van der Waals surface area contributed by atoms with Gasteiger partial charge in [-0.25, -0.2) is 32.8 Å². The third kappa shape index (κ3) is 3.22. The summed E-state index contributed by atoms with van der Waals surface area (Å²) in [7, 11) is 1.41. The van der Waals surface area contributed by atoms with E-state index in [1.807, 2.05) is 18.2 Å². The zero-order valence-electron chi connectivity index (χ0n) is 22.0. The fourth-order valence-electron chi connectivity index (χ4n) is 7.16. The number of phenols is 1. The Morgan fingerprint density at radius 3 is 2.46 bits per heavy atom. The van der Waals surface area contributed by atoms with Gasteiger partial charge in [0.1, 0.15) is 11.6 Å². The van der Waals surface area contributed by atoms with Gasteiger partial charge in [0.15, 0.2) is 0 Å². The molecular weight excluding hydrogens is 551 g/mol. The van der Waals surface area contributed by atoms with E-state index >= 15 is 0 Å². The lowest BCUT2D eigenvalue weighted by Crippen LogP contribution is -2.49. The summed E-state index contributed by atoms with van der Waals surface area (Å²) in [6.45, 7) is 1.87. The summed E-state index contributed by atoms with van der Waals surface area (Å²) in [5.41, 5.74) is -0.679. The van der Waals surface area contributed by atoms with Crippen molar-refractivity contribution in [2.75, 3.05) is 4.90 Å². The van der Waals surface area contributed by atoms with Gasteiger partial charge in [-0.05, 0) is 54.1 Å². The van der Waals surface area contributed by atoms with Crippen molar-refractivity contribution in [3.05, 3.63) is 104 Å². The third-order valence-corrected chi connectivity index (χ3v) is 9.43. The third-order valence-electron chi connectivity index (χ3n) is 9.14. The van der Waals surface area contributed by atoms with E-state index in [1.165, 1.54) is 28.5 Å². The maximum atomic E-state index is 14.5. The molecule has 1 aromatic heterocycles. The van der Waals surface area contributed by atoms with E-state index in [0.29, 0.717) is 16.3 Å². The number of hydrogen-bond acceptors (Lipinski definition) is 5. The number of amides is 2. The SMILES string of the molecule is Cn1c(=O)n2n(c1=O)[C@@H]1C[C@H]3C(=O)N(c4ccc(F)c(Cl)c4)C(=O)[C@@]3(C)[C@@H](c3ccc(O)c4ccccc34)C1=CC2. The molecule has 208 valence electrons. The fraction of sp³-hybridized carbons (Fsp3) is 0.267. The highest BCUT2D eigenvalue weighted by Gasteiger charge is 2.65. The molecule has 3 aliphatic rings. The standard InChI is InChI=1S/C30H24ClFN4O5/c1-30-20(26(38)35(27(30)39)15-7-9-22(32)21(31)13-15)14-23-19(11-12-34-28(40)33(2)29(41)36(23)34)25(30)18-8-10-24(37)17-6-4-3-5-16(17)18/h3-11,13,20,23,25,37H,12,14H2,1-2H3/t20-,23+,25-,30+/m0/s1. The summed E-state index contributed by atoms with van der Waals surface area (Å²) in [4.78, 5) is 55.8. The van der Waals surface area contributed by atoms with Crippen molar-refractivity contribution in [3.63, 3.8) is 0 Å². The summed E-state index contributed by atoms with van der Waals surface area (Å²) in [6.07, 6.45) is 1.97. The second-order valence-corrected chi connectivity index (χ2v) is 11.5. The monoisotopic (exact) mass is 574 g/mol. The number of halogens is 2. The van der Waals surface area contributed by atoms with Gasteiger partial charge in [-0.3, -0.25) is 9.59 Å². The van der Waals surface area contributed by atoms with Crippen LogP contribution >= 0.6 is 11.6 Å². The van der Waals surface area contributed by atoms with E-state index in [2.05, 4.69) is 0 Å². The molecule has 2 amide bonds. The first-order valence-electron chi connectivity index (χ1n) is 13.2. The maximum Gasteiger partial charge on any atom is 0.347 e. The van der Waals surface area contributed by atoms with Gasteiger partial charge in [0, 0.05) is 18.4 Å². The van der Waals surface area contributed by atoms with Crippen LogP contribution in [-0.4, -0.2) is 30.9 Å². The lowest BCUT2D eigenvalue weighted by Gasteiger charge is -2.47. The van der Waals surface area contributed by atoms with Gasteiger partial charge in [0.2, 0.25) is 11.8 Å². The average Bonchev–Trinajstić information content (AvgIpc) is 3.30. The molecule has 4 atom stereocenters. The minimum Gasteiger partial charge on any atom is -0.507 e. The van der Waals surface area contributed by atoms with Gasteiger partial charge in [0.25, 0.3) is 0 Å². The van der Waals surface area contributed by atoms with E-state index in [1.54, 1.807) is 31.2 Å². The second-order valence-electron chi connectivity index (χ2n) is 11.1. The van der Waals surface area contributed by atoms with E-state index in [9.17, 15) is 28.7 Å². The fourth-order valence-corrected chi connectivity index (χ4v) is 7.33. The van der Waals surface area contributed by atoms with E-state index < -0.39 is 52.3 Å². The Labute approximate surface area is 237 Å². The summed E-state index contributed by atoms with van der Waals surface area (Å²) >= 11 is 6.04. The predicted molar refractivity (Wildman–Crippen MR) is 150 cm³/mol. The van der Waals surface area contributed by atoms with Gasteiger partial charge in [-0.15, -0.1) is 0 Å². The topological polar surface area (TPSA) is 107 Å². The summed E-state index contributed by atoms with van der Waals surface area (Å²) in [5.74, 6) is -3.14. The van der Waals surface area contributed by atoms with Gasteiger partial charge in [-0.1, -0.05) is 48.0 Å². The zero-order valence-corrected chi connectivity index (χ0v) is 22.8. The lowest BCUT2D eigenvalue weighted by molar-refractivity contribution is -0.129. The number of allylic oxidation sites excluding steroid dienone is 2. The van der Waals surface area contributed by atoms with Gasteiger partial charge in [0.05, 0.1) is 34.6 Å². The van der Waals surface area contributed by atoms with Crippen LogP contribution in [0.3, 0.4) is 0 Å². The minimum absolute atomic E-state index is 0.0700. The molecule has 1 aliphatic carbocycles. The number of hydrogen-bond donors (Lipinski definition) is 1. The largest absolute Gasteiger partial charge is 0.507 e. The highest BCUT2D eigenvalue weighted by atomic mass is 35.5. The first-order chi connectivity index (χ1) is 19.6. The molecule has 11 heteroatoms. The predicted octanol–water partition coefficient (Wildman–Crippen LogP) is 3.86. The second kappa shape index (κ2) is 8.53. The first kappa shape index (κ1) is 25.5. The van der Waals surface area contributed by atoms with Crippen LogP contribution in [0.1, 0.15) is 30.9 Å². The molecule has 1 N–H and O–H groups in total. The molecule has 9 nitrogen and oxygen atoms in total. The molecule has 0 bridgehead atoms. The van der Waals surface area contributed by atoms with E-state index in [4.69, 9.17) is 11.6 Å². The number of fused-ring (bicyclic) bond motifs is 5. The number of phenolic OH excluding ortho intramolecular Hbond substituents is 1. The highest BCUT2D eigenvalue weighted by molar-refractivity contribution is 6.31. The average molecular weight is 575 g/mol. The van der Waals surface area contributed by atoms with Crippen LogP contribution in [0, 0.1) is 17.2 Å². The van der Waals surface area contributed by atoms with Crippen LogP contribution in [0.4, 0.5) is 10.1 Å². The molecule has 3 heterocycles. The Morgan fingerprint density at radius 1 is 1.00 bits per heavy atom. The molecule has 2 aliphatic heterocycles. The van der Waals surface area contributed by atoms with Crippen LogP contribution < -0.4 is 16.3 Å². The van der Waals surface area contributed by atoms with Gasteiger partial charge < -0.3 is 5.11 Å². The Kier molecular flexibility index (Phi) is 5.31. The Morgan fingerprint density at radius 2 is 1.73 bits per heavy atom. The molecule has 3 aromatic carbocycles. The normalized spacial score (nSPS) is 25.2. The van der Waals surface area contributed by atoms with Crippen molar-refractivity contribution >= 4 is 39.9 Å². The summed E-state index contributed by atoms with van der Waals surface area (Å²) in [5, 5.41) is 11.7. The van der Waals surface area contributed by atoms with Crippen LogP contribution in [-0.2, 0) is 23.2 Å². The highest BCUT2D eigenvalue weighted by Crippen LogP contribution is 2.62. The number of aromatic nitrogens is 3. The van der Waals surface area contributed by atoms with Crippen molar-refractivity contribution in [1.29, 1.82) is 0 Å². The van der Waals surface area contributed by atoms with E-state index in [-0.39, 0.29) is 29.4 Å². The molecule has 41 heavy (non-hydrogen) atoms. The number of carbonyl (C=O) groups excluding carboxylic acids is 2. The molecule has 1 saturated carbocycles. The van der Waals surface area contributed by atoms with Crippen LogP contribution in [0.25, 0.3) is 10.8 Å². The quantitative estimate of drug-likeness (QED) is 0.289. The summed E-state index contributed by atoms with van der Waals surface area (Å²) in [6, 6.07) is 13.6. The molecule has 2 fully saturated rings. The Balaban J connectivity index is 1.50. The van der Waals surface area contributed by atoms with Crippen molar-refractivity contribution in [3.8, 4) is 5.75 Å². The number of anilines is 1. The minimum atomic E-state index is -1.30. The lowest BCUT2D eigenvalue weighted by atomic mass is 9.56. The molecule has 0 unspecified atom stereocenters. The van der Waals surface area contributed by atoms with Crippen molar-refractivity contribution in [1.82, 2.24) is 13.9 Å². The number of benzene rings is 3. The number of carbonyl (C=O) groups is 2. The van der Waals surface area contributed by atoms with Gasteiger partial charge in [-0.2, -0.15) is 0 Å². The van der Waals surface area contributed by atoms with Crippen LogP contribution in [0.2, 0.25) is 5.02 Å². The molecule has 0 radical (unpaired) electrons. The Bertz CT molecular complexity index is 1990. The maximum absolute atomic E-state index is 14.5. The van der Waals surface area contributed by atoms with Crippen LogP contribution in [0.15, 0.2) is 75.8 Å². The number of nitrogens with zero attached hydrogens (tertiary/aromatic N) is 4. The smallest absolute Gasteiger partial charge is 0.347 e. The number of imide groups is 1. The molecule has 7 rings (SSSR count). The summed E-state index contributed by atoms with van der Waals surface area (Å²) < 4.78 is 17.8. The van der Waals surface area contributed by atoms with Gasteiger partial charge >= 0.3 is 11.4 Å². The zero-order chi connectivity index (χ0) is 29.0. The molecule has 0 spiro atoms. The van der Waals surface area contributed by atoms with Crippen molar-refractivity contribution in [2.24, 2.45) is 18.4 Å². The van der Waals surface area contributed by atoms with E-state index in [0.717, 1.165) is 21.1 Å². The van der Waals surface area contributed by atoms with Crippen molar-refractivity contribution in [2.45, 2.75) is 31.8 Å². The Hall–Kier alpha value is -4.44. The van der Waals surface area contributed by atoms with Crippen LogP contribution in [0.5, 0.6) is 5.75 Å². The first-order valence-corrected chi connectivity index (χ1v) is 13.6. The van der Waals surface area contributed by atoms with Crippen molar-refractivity contribution < 1.29 is 19.1 Å². The molecular formula is C30H24ClFN4O5. The molecule has 4 aromatic rings. The number of rotatable bonds is 2. The molecule has 1 saturated heterocycles. The number of aromatic hydroxyl groups is 1.